The summed E-state index contributed by atoms with van der Waals surface area (Å²) in [4.78, 5) is 0. The van der Waals surface area contributed by atoms with Gasteiger partial charge in [-0.3, -0.25) is 5.01 Å². The maximum absolute atomic E-state index is 5.51. The highest BCUT2D eigenvalue weighted by atomic mass is 79.9. The highest BCUT2D eigenvalue weighted by Crippen LogP contribution is 2.16. The molecule has 0 aliphatic carbocycles. The molecule has 0 spiro atoms. The minimum atomic E-state index is 0.781. The molecule has 0 radical (unpaired) electrons. The van der Waals surface area contributed by atoms with Crippen LogP contribution < -0.4 is 11.6 Å². The average Bonchev–Trinajstić information content (AvgIpc) is 1.88. The normalized spacial score (nSPS) is 21.6. The Kier molecular flexibility index (Phi) is 2.13. The molecule has 0 aromatic rings. The Hall–Kier alpha value is -0.740. The van der Waals surface area contributed by atoms with Gasteiger partial charge in [0.25, 0.3) is 0 Å². The molecule has 0 saturated carbocycles. The molecule has 1 rings (SSSR count). The molecule has 0 aromatic carbocycles. The van der Waals surface area contributed by atoms with Crippen molar-refractivity contribution < 1.29 is 0 Å². The molecule has 10 heavy (non-hydrogen) atoms. The summed E-state index contributed by atoms with van der Waals surface area (Å²) in [6.07, 6.45) is 6.89. The molecule has 54 valence electrons. The molecule has 3 nitrogen and oxygen atoms in total. The molecular formula is C6H8BrN3. The minimum Gasteiger partial charge on any atom is -0.403 e. The van der Waals surface area contributed by atoms with E-state index in [2.05, 4.69) is 15.9 Å². The number of nitrogens with two attached hydrogens (primary N) is 2. The molecule has 0 saturated heterocycles. The van der Waals surface area contributed by atoms with Gasteiger partial charge in [0.2, 0.25) is 0 Å². The van der Waals surface area contributed by atoms with Crippen LogP contribution in [-0.4, -0.2) is 5.01 Å². The van der Waals surface area contributed by atoms with E-state index < -0.39 is 0 Å². The largest absolute Gasteiger partial charge is 0.403 e. The van der Waals surface area contributed by atoms with Crippen LogP contribution in [0.3, 0.4) is 0 Å². The number of halogens is 1. The smallest absolute Gasteiger partial charge is 0.0723 e. The van der Waals surface area contributed by atoms with Crippen LogP contribution in [0.2, 0.25) is 0 Å². The first kappa shape index (κ1) is 7.37. The summed E-state index contributed by atoms with van der Waals surface area (Å²) < 4.78 is 0.931. The fourth-order valence-electron chi connectivity index (χ4n) is 0.643. The zero-order valence-electron chi connectivity index (χ0n) is 5.29. The summed E-state index contributed by atoms with van der Waals surface area (Å²) in [6.45, 7) is 0. The number of hydrogen-bond acceptors (Lipinski definition) is 3. The lowest BCUT2D eigenvalue weighted by Crippen LogP contribution is -2.25. The maximum Gasteiger partial charge on any atom is 0.0723 e. The third-order valence-corrected chi connectivity index (χ3v) is 1.61. The molecule has 4 N–H and O–H groups in total. The second kappa shape index (κ2) is 2.90. The molecule has 0 aromatic heterocycles. The van der Waals surface area contributed by atoms with E-state index >= 15 is 0 Å². The van der Waals surface area contributed by atoms with Crippen molar-refractivity contribution in [3.8, 4) is 0 Å². The second-order valence-corrected chi connectivity index (χ2v) is 2.76. The van der Waals surface area contributed by atoms with Gasteiger partial charge in [-0.2, -0.15) is 0 Å². The third-order valence-electron chi connectivity index (χ3n) is 1.14. The van der Waals surface area contributed by atoms with Crippen molar-refractivity contribution >= 4 is 15.9 Å². The van der Waals surface area contributed by atoms with E-state index in [0.29, 0.717) is 0 Å². The quantitative estimate of drug-likeness (QED) is 0.570. The van der Waals surface area contributed by atoms with E-state index in [9.17, 15) is 0 Å². The molecule has 1 aliphatic rings. The molecule has 0 atom stereocenters. The van der Waals surface area contributed by atoms with Gasteiger partial charge in [0.05, 0.1) is 5.70 Å². The van der Waals surface area contributed by atoms with Crippen molar-refractivity contribution in [2.45, 2.75) is 0 Å². The minimum absolute atomic E-state index is 0.781. The van der Waals surface area contributed by atoms with Gasteiger partial charge in [-0.25, -0.2) is 5.84 Å². The first-order valence-electron chi connectivity index (χ1n) is 2.75. The van der Waals surface area contributed by atoms with Crippen molar-refractivity contribution in [3.63, 3.8) is 0 Å². The third kappa shape index (κ3) is 1.40. The Morgan fingerprint density at radius 2 is 2.20 bits per heavy atom. The molecule has 0 fully saturated rings. The topological polar surface area (TPSA) is 55.3 Å². The van der Waals surface area contributed by atoms with Gasteiger partial charge in [-0.15, -0.1) is 0 Å². The van der Waals surface area contributed by atoms with Gasteiger partial charge in [0, 0.05) is 16.9 Å². The zero-order valence-corrected chi connectivity index (χ0v) is 6.88. The van der Waals surface area contributed by atoms with Crippen molar-refractivity contribution in [2.24, 2.45) is 11.6 Å². The van der Waals surface area contributed by atoms with Gasteiger partial charge >= 0.3 is 0 Å². The highest BCUT2D eigenvalue weighted by molar-refractivity contribution is 9.11. The van der Waals surface area contributed by atoms with Gasteiger partial charge in [0.1, 0.15) is 0 Å². The predicted octanol–water partition coefficient (Wildman–Crippen LogP) is 0.768. The Morgan fingerprint density at radius 1 is 1.50 bits per heavy atom. The van der Waals surface area contributed by atoms with Crippen molar-refractivity contribution in [1.82, 2.24) is 5.01 Å². The van der Waals surface area contributed by atoms with Crippen LogP contribution in [0.25, 0.3) is 0 Å². The van der Waals surface area contributed by atoms with Gasteiger partial charge in [-0.05, 0) is 28.1 Å². The lowest BCUT2D eigenvalue weighted by atomic mass is 10.3. The Bertz CT molecular complexity index is 217. The van der Waals surface area contributed by atoms with E-state index in [4.69, 9.17) is 11.6 Å². The van der Waals surface area contributed by atoms with Crippen molar-refractivity contribution in [3.05, 3.63) is 34.7 Å². The van der Waals surface area contributed by atoms with E-state index in [-0.39, 0.29) is 0 Å². The summed E-state index contributed by atoms with van der Waals surface area (Å²) in [6, 6.07) is 0. The van der Waals surface area contributed by atoms with E-state index in [0.717, 1.165) is 10.2 Å². The summed E-state index contributed by atoms with van der Waals surface area (Å²) in [5.41, 5.74) is 6.04. The molecule has 1 aliphatic heterocycles. The fraction of sp³-hybridized carbons (Fsp3) is 0. The van der Waals surface area contributed by atoms with E-state index in [1.54, 1.807) is 6.20 Å². The lowest BCUT2D eigenvalue weighted by molar-refractivity contribution is 0.502. The summed E-state index contributed by atoms with van der Waals surface area (Å²) >= 11 is 3.27. The zero-order chi connectivity index (χ0) is 7.56. The SMILES string of the molecule is N/C=C1/C=CC(Br)=CN1N. The summed E-state index contributed by atoms with van der Waals surface area (Å²) in [5, 5.41) is 1.45. The average molecular weight is 202 g/mol. The Balaban J connectivity index is 2.84. The van der Waals surface area contributed by atoms with Crippen molar-refractivity contribution in [2.75, 3.05) is 0 Å². The first-order chi connectivity index (χ1) is 4.74. The van der Waals surface area contributed by atoms with Crippen LogP contribution in [0.15, 0.2) is 34.7 Å². The van der Waals surface area contributed by atoms with Crippen LogP contribution in [-0.2, 0) is 0 Å². The van der Waals surface area contributed by atoms with Crippen LogP contribution in [0, 0.1) is 0 Å². The Morgan fingerprint density at radius 3 is 2.70 bits per heavy atom. The standard InChI is InChI=1S/C6H8BrN3/c7-5-1-2-6(3-8)10(9)4-5/h1-4H,8-9H2/b6-3-. The van der Waals surface area contributed by atoms with Crippen LogP contribution >= 0.6 is 15.9 Å². The van der Waals surface area contributed by atoms with Crippen LogP contribution in [0.1, 0.15) is 0 Å². The highest BCUT2D eigenvalue weighted by Gasteiger charge is 2.02. The van der Waals surface area contributed by atoms with Crippen LogP contribution in [0.4, 0.5) is 0 Å². The molecule has 0 bridgehead atoms. The lowest BCUT2D eigenvalue weighted by Gasteiger charge is -2.17. The number of allylic oxidation sites excluding steroid dienone is 3. The molecule has 0 amide bonds. The Labute approximate surface area is 67.8 Å². The summed E-state index contributed by atoms with van der Waals surface area (Å²) in [5.74, 6) is 5.51. The number of nitrogens with zero attached hydrogens (tertiary/aromatic N) is 1. The molecule has 4 heteroatoms. The van der Waals surface area contributed by atoms with Gasteiger partial charge in [0.15, 0.2) is 0 Å². The molecule has 0 unspecified atom stereocenters. The number of hydrogen-bond donors (Lipinski definition) is 2. The van der Waals surface area contributed by atoms with Crippen molar-refractivity contribution in [1.29, 1.82) is 0 Å². The number of hydrazine groups is 1. The van der Waals surface area contributed by atoms with Gasteiger partial charge < -0.3 is 5.73 Å². The predicted molar refractivity (Wildman–Crippen MR) is 44.4 cm³/mol. The van der Waals surface area contributed by atoms with Crippen LogP contribution in [0.5, 0.6) is 0 Å². The fourth-order valence-corrected chi connectivity index (χ4v) is 0.996. The van der Waals surface area contributed by atoms with Gasteiger partial charge in [-0.1, -0.05) is 0 Å². The summed E-state index contributed by atoms with van der Waals surface area (Å²) in [7, 11) is 0. The van der Waals surface area contributed by atoms with E-state index in [1.807, 2.05) is 12.2 Å². The first-order valence-corrected chi connectivity index (χ1v) is 3.54. The molecular weight excluding hydrogens is 194 g/mol. The monoisotopic (exact) mass is 201 g/mol. The second-order valence-electron chi connectivity index (χ2n) is 1.85. The van der Waals surface area contributed by atoms with E-state index in [1.165, 1.54) is 11.2 Å². The number of rotatable bonds is 0. The molecule has 1 heterocycles. The maximum atomic E-state index is 5.51.